The van der Waals surface area contributed by atoms with Crippen molar-refractivity contribution >= 4 is 23.5 Å². The molecule has 2 unspecified atom stereocenters. The van der Waals surface area contributed by atoms with E-state index in [4.69, 9.17) is 85.3 Å². The first-order chi connectivity index (χ1) is 45.9. The van der Waals surface area contributed by atoms with Gasteiger partial charge in [-0.05, 0) is 98.5 Å². The van der Waals surface area contributed by atoms with Gasteiger partial charge in [0.25, 0.3) is 0 Å². The van der Waals surface area contributed by atoms with Crippen LogP contribution >= 0.6 is 0 Å². The maximum atomic E-state index is 13.8. The van der Waals surface area contributed by atoms with Crippen molar-refractivity contribution in [2.24, 2.45) is 11.8 Å². The summed E-state index contributed by atoms with van der Waals surface area (Å²) in [6.45, 7) is 21.6. The summed E-state index contributed by atoms with van der Waals surface area (Å²) < 4.78 is 105. The van der Waals surface area contributed by atoms with Crippen molar-refractivity contribution in [3.05, 3.63) is 119 Å². The number of ketones is 2. The maximum Gasteiger partial charge on any atom is 0.333 e. The monoisotopic (exact) mass is 1310 g/mol. The van der Waals surface area contributed by atoms with Crippen molar-refractivity contribution in [2.45, 2.75) is 92.3 Å². The van der Waals surface area contributed by atoms with E-state index in [-0.39, 0.29) is 103 Å². The highest BCUT2D eigenvalue weighted by molar-refractivity contribution is 5.99. The van der Waals surface area contributed by atoms with Gasteiger partial charge in [0.1, 0.15) is 66.1 Å². The highest BCUT2D eigenvalue weighted by Gasteiger charge is 2.21. The standard InChI is InChI=1S/C72H98O22/c1-53(2)71(75)93-51-57-15-19-61-65(47-57)89-43-35-81-27-29-83-37-45-91-67-49-59(17-21-63(67)87-41-33-79-25-23-77-31-39-85-61)69(73)55(5)13-11-9-7-8-10-12-14-56(6)70(74)60-18-22-64-68(50-60)92-46-38-84-30-28-82-36-44-90-66-48-58(52-94-72(76)54(3)4)16-20-62(66)86-40-32-78-24-26-80-34-42-88-64/h15-22,47-50,55-56H,1,3,7-14,23-46,51-52H2,2,4-6H3. The summed E-state index contributed by atoms with van der Waals surface area (Å²) in [5.41, 5.74) is 3.18. The lowest BCUT2D eigenvalue weighted by molar-refractivity contribution is -0.141. The van der Waals surface area contributed by atoms with Gasteiger partial charge >= 0.3 is 11.9 Å². The van der Waals surface area contributed by atoms with Gasteiger partial charge in [0.2, 0.25) is 0 Å². The van der Waals surface area contributed by atoms with Gasteiger partial charge in [0, 0.05) is 34.1 Å². The molecule has 2 atom stereocenters. The Hall–Kier alpha value is -7.28. The van der Waals surface area contributed by atoms with Crippen molar-refractivity contribution in [3.63, 3.8) is 0 Å². The molecule has 0 spiro atoms. The van der Waals surface area contributed by atoms with Gasteiger partial charge in [-0.1, -0.05) is 77.7 Å². The van der Waals surface area contributed by atoms with Crippen LogP contribution in [0, 0.1) is 11.8 Å². The fourth-order valence-electron chi connectivity index (χ4n) is 9.49. The van der Waals surface area contributed by atoms with E-state index in [1.807, 2.05) is 13.8 Å². The number of hydrogen-bond acceptors (Lipinski definition) is 22. The predicted octanol–water partition coefficient (Wildman–Crippen LogP) is 11.0. The van der Waals surface area contributed by atoms with Gasteiger partial charge in [0.15, 0.2) is 57.6 Å². The summed E-state index contributed by atoms with van der Waals surface area (Å²) in [6.07, 6.45) is 7.42. The van der Waals surface area contributed by atoms with Crippen LogP contribution in [-0.2, 0) is 70.2 Å². The molecular weight excluding hydrogens is 1220 g/mol. The number of unbranched alkanes of at least 4 members (excludes halogenated alkanes) is 5. The van der Waals surface area contributed by atoms with Crippen LogP contribution in [-0.4, -0.2) is 182 Å². The molecule has 94 heavy (non-hydrogen) atoms. The summed E-state index contributed by atoms with van der Waals surface area (Å²) in [5.74, 6) is 2.64. The zero-order valence-electron chi connectivity index (χ0n) is 55.5. The first-order valence-electron chi connectivity index (χ1n) is 32.8. The third-order valence-corrected chi connectivity index (χ3v) is 14.7. The molecule has 0 aromatic heterocycles. The molecule has 0 N–H and O–H groups in total. The molecule has 0 radical (unpaired) electrons. The second-order valence-electron chi connectivity index (χ2n) is 22.5. The lowest BCUT2D eigenvalue weighted by atomic mass is 9.92. The van der Waals surface area contributed by atoms with Crippen LogP contribution in [0.4, 0.5) is 0 Å². The van der Waals surface area contributed by atoms with Crippen molar-refractivity contribution in [1.29, 1.82) is 0 Å². The molecule has 22 nitrogen and oxygen atoms in total. The Bertz CT molecular complexity index is 2720. The van der Waals surface area contributed by atoms with Gasteiger partial charge in [-0.15, -0.1) is 0 Å². The lowest BCUT2D eigenvalue weighted by Gasteiger charge is -2.16. The van der Waals surface area contributed by atoms with E-state index in [2.05, 4.69) is 13.2 Å². The molecule has 0 amide bonds. The summed E-state index contributed by atoms with van der Waals surface area (Å²) >= 11 is 0. The average Bonchev–Trinajstić information content (AvgIpc) is 1.04. The topological polar surface area (TPSA) is 234 Å². The largest absolute Gasteiger partial charge is 0.487 e. The average molecular weight is 1320 g/mol. The van der Waals surface area contributed by atoms with E-state index in [1.54, 1.807) is 86.6 Å². The van der Waals surface area contributed by atoms with Crippen molar-refractivity contribution in [3.8, 4) is 46.0 Å². The number of fused-ring (bicyclic) bond motifs is 4. The van der Waals surface area contributed by atoms with E-state index < -0.39 is 11.9 Å². The van der Waals surface area contributed by atoms with Crippen LogP contribution in [0.1, 0.15) is 111 Å². The molecule has 0 saturated carbocycles. The molecule has 2 heterocycles. The summed E-state index contributed by atoms with van der Waals surface area (Å²) in [4.78, 5) is 51.5. The first-order valence-corrected chi connectivity index (χ1v) is 32.8. The van der Waals surface area contributed by atoms with Crippen molar-refractivity contribution < 1.29 is 104 Å². The van der Waals surface area contributed by atoms with Gasteiger partial charge < -0.3 is 85.3 Å². The van der Waals surface area contributed by atoms with E-state index in [0.717, 1.165) is 62.5 Å². The number of carbonyl (C=O) groups is 4. The number of rotatable bonds is 19. The number of ether oxygens (including phenoxy) is 18. The number of benzene rings is 4. The smallest absolute Gasteiger partial charge is 0.333 e. The number of Topliss-reactive ketones (excluding diaryl/α,β-unsaturated/α-hetero) is 2. The molecular formula is C72H98O22. The van der Waals surface area contributed by atoms with Crippen molar-refractivity contribution in [1.82, 2.24) is 0 Å². The Morgan fingerprint density at radius 3 is 0.840 bits per heavy atom. The molecule has 518 valence electrons. The maximum absolute atomic E-state index is 13.8. The normalized spacial score (nSPS) is 16.9. The van der Waals surface area contributed by atoms with E-state index in [9.17, 15) is 19.2 Å². The summed E-state index contributed by atoms with van der Waals surface area (Å²) in [7, 11) is 0. The minimum Gasteiger partial charge on any atom is -0.487 e. The van der Waals surface area contributed by atoms with Crippen LogP contribution < -0.4 is 37.9 Å². The van der Waals surface area contributed by atoms with Gasteiger partial charge in [-0.2, -0.15) is 0 Å². The zero-order valence-corrected chi connectivity index (χ0v) is 55.5. The van der Waals surface area contributed by atoms with E-state index >= 15 is 0 Å². The third kappa shape index (κ3) is 29.6. The Labute approximate surface area is 553 Å². The highest BCUT2D eigenvalue weighted by atomic mass is 16.6. The predicted molar refractivity (Wildman–Crippen MR) is 349 cm³/mol. The van der Waals surface area contributed by atoms with Gasteiger partial charge in [-0.25, -0.2) is 9.59 Å². The molecule has 0 bridgehead atoms. The molecule has 4 aromatic carbocycles. The second kappa shape index (κ2) is 45.2. The zero-order chi connectivity index (χ0) is 66.8. The molecule has 6 rings (SSSR count). The quantitative estimate of drug-likeness (QED) is 0.0367. The van der Waals surface area contributed by atoms with Crippen LogP contribution in [0.2, 0.25) is 0 Å². The molecule has 22 heteroatoms. The van der Waals surface area contributed by atoms with Crippen LogP contribution in [0.3, 0.4) is 0 Å². The number of carbonyl (C=O) groups excluding carboxylic acids is 4. The summed E-state index contributed by atoms with van der Waals surface area (Å²) in [5, 5.41) is 0. The minimum absolute atomic E-state index is 0.0378. The van der Waals surface area contributed by atoms with E-state index in [1.165, 1.54) is 0 Å². The SMILES string of the molecule is C=C(C)C(=O)OCc1ccc2c(c1)OCCOCCOCCOc1cc(C(=O)C(C)CCCCCCCCC(C)C(=O)c3ccc4c(c3)OCCOCCOCCOc3cc(COC(=O)C(=C)C)ccc3OCCOCCOCCO4)ccc1OCCOCCOCCO2. The van der Waals surface area contributed by atoms with Crippen LogP contribution in [0.25, 0.3) is 0 Å². The molecule has 0 fully saturated rings. The Morgan fingerprint density at radius 2 is 0.564 bits per heavy atom. The molecule has 4 aromatic rings. The Balaban J connectivity index is 0.877. The van der Waals surface area contributed by atoms with Crippen LogP contribution in [0.15, 0.2) is 97.1 Å². The third-order valence-electron chi connectivity index (χ3n) is 14.7. The number of hydrogen-bond donors (Lipinski definition) is 0. The minimum atomic E-state index is -0.476. The summed E-state index contributed by atoms with van der Waals surface area (Å²) in [6, 6.07) is 21.3. The van der Waals surface area contributed by atoms with Crippen LogP contribution in [0.5, 0.6) is 46.0 Å². The van der Waals surface area contributed by atoms with Gasteiger partial charge in [-0.3, -0.25) is 9.59 Å². The second-order valence-corrected chi connectivity index (χ2v) is 22.5. The number of esters is 2. The highest BCUT2D eigenvalue weighted by Crippen LogP contribution is 2.34. The van der Waals surface area contributed by atoms with Crippen molar-refractivity contribution in [2.75, 3.05) is 159 Å². The molecule has 2 aliphatic rings. The fourth-order valence-corrected chi connectivity index (χ4v) is 9.49. The van der Waals surface area contributed by atoms with Gasteiger partial charge in [0.05, 0.1) is 106 Å². The lowest BCUT2D eigenvalue weighted by Crippen LogP contribution is -2.16. The molecule has 0 saturated heterocycles. The Morgan fingerprint density at radius 1 is 0.330 bits per heavy atom. The molecule has 2 aliphatic heterocycles. The first kappa shape index (κ1) is 75.7. The van der Waals surface area contributed by atoms with E-state index in [0.29, 0.717) is 161 Å². The fraction of sp³-hybridized carbons (Fsp3) is 0.556. The Kier molecular flexibility index (Phi) is 36.4. The molecule has 0 aliphatic carbocycles.